The molecule has 3 atom stereocenters. The molecule has 0 aromatic rings. The second-order valence-electron chi connectivity index (χ2n) is 8.56. The minimum Gasteiger partial charge on any atom is -0.494 e. The van der Waals surface area contributed by atoms with Gasteiger partial charge in [0, 0.05) is 10.2 Å². The van der Waals surface area contributed by atoms with E-state index in [0.29, 0.717) is 17.8 Å². The molecular weight excluding hydrogens is 341 g/mol. The molecule has 4 aliphatic rings. The molecule has 3 aliphatic carbocycles. The molecule has 4 rings (SSSR count). The molecule has 2 saturated carbocycles. The quantitative estimate of drug-likeness (QED) is 0.639. The van der Waals surface area contributed by atoms with Gasteiger partial charge in [-0.15, -0.1) is 0 Å². The fourth-order valence-corrected chi connectivity index (χ4v) is 5.80. The number of hydrogen-bond acceptors (Lipinski definition) is 3. The summed E-state index contributed by atoms with van der Waals surface area (Å²) in [6.45, 7) is 3.10. The van der Waals surface area contributed by atoms with Gasteiger partial charge >= 0.3 is 0 Å². The molecule has 0 spiro atoms. The highest BCUT2D eigenvalue weighted by molar-refractivity contribution is 7.90. The van der Waals surface area contributed by atoms with E-state index in [9.17, 15) is 4.21 Å². The fourth-order valence-electron chi connectivity index (χ4n) is 4.39. The van der Waals surface area contributed by atoms with E-state index in [2.05, 4.69) is 24.1 Å². The van der Waals surface area contributed by atoms with Crippen molar-refractivity contribution in [1.82, 2.24) is 4.90 Å². The Hall–Kier alpha value is -0.805. The number of allylic oxidation sites excluding steroid dienone is 4. The molecule has 3 fully saturated rings. The van der Waals surface area contributed by atoms with Gasteiger partial charge in [0.05, 0.1) is 25.3 Å². The summed E-state index contributed by atoms with van der Waals surface area (Å²) in [4.78, 5) is 3.38. The Labute approximate surface area is 161 Å². The van der Waals surface area contributed by atoms with Crippen LogP contribution in [-0.2, 0) is 15.5 Å². The Balaban J connectivity index is 1.21. The number of hydrogen-bond donors (Lipinski definition) is 0. The highest BCUT2D eigenvalue weighted by Gasteiger charge is 2.52. The largest absolute Gasteiger partial charge is 0.494 e. The lowest BCUT2D eigenvalue weighted by molar-refractivity contribution is 0.189. The molecule has 0 bridgehead atoms. The zero-order chi connectivity index (χ0) is 18.1. The van der Waals surface area contributed by atoms with Gasteiger partial charge in [-0.2, -0.15) is 0 Å². The Bertz CT molecular complexity index is 646. The normalized spacial score (nSPS) is 34.0. The van der Waals surface area contributed by atoms with Gasteiger partial charge in [0.1, 0.15) is 5.76 Å². The molecule has 1 heterocycles. The third-order valence-electron chi connectivity index (χ3n) is 6.46. The molecule has 0 aromatic heterocycles. The van der Waals surface area contributed by atoms with Gasteiger partial charge < -0.3 is 9.64 Å². The first-order chi connectivity index (χ1) is 12.5. The van der Waals surface area contributed by atoms with Crippen LogP contribution in [0.1, 0.15) is 44.9 Å². The first kappa shape index (κ1) is 18.6. The van der Waals surface area contributed by atoms with Crippen molar-refractivity contribution in [2.75, 3.05) is 26.7 Å². The van der Waals surface area contributed by atoms with Gasteiger partial charge in [0.2, 0.25) is 0 Å². The summed E-state index contributed by atoms with van der Waals surface area (Å²) in [5.41, 5.74) is 0. The number of rotatable bonds is 7. The highest BCUT2D eigenvalue weighted by Crippen LogP contribution is 2.64. The minimum atomic E-state index is -0.831. The lowest BCUT2D eigenvalue weighted by Gasteiger charge is -2.30. The van der Waals surface area contributed by atoms with E-state index in [0.717, 1.165) is 48.7 Å². The molecule has 0 amide bonds. The Morgan fingerprint density at radius 3 is 2.73 bits per heavy atom. The van der Waals surface area contributed by atoms with Crippen molar-refractivity contribution < 1.29 is 8.95 Å². The van der Waals surface area contributed by atoms with Crippen molar-refractivity contribution in [2.45, 2.75) is 55.5 Å². The van der Waals surface area contributed by atoms with Gasteiger partial charge in [-0.3, -0.25) is 4.21 Å². The molecule has 3 nitrogen and oxygen atoms in total. The SMILES string of the molecule is [B]C1(CCOC2=CCC=C(S(=O)C3CC3)C=C2)CC1C1CCN(C)CC1. The lowest BCUT2D eigenvalue weighted by atomic mass is 9.74. The molecule has 5 heteroatoms. The summed E-state index contributed by atoms with van der Waals surface area (Å²) >= 11 is 0. The highest BCUT2D eigenvalue weighted by atomic mass is 32.2. The van der Waals surface area contributed by atoms with E-state index < -0.39 is 10.8 Å². The van der Waals surface area contributed by atoms with Crippen LogP contribution >= 0.6 is 0 Å². The van der Waals surface area contributed by atoms with E-state index in [1.807, 2.05) is 12.2 Å². The van der Waals surface area contributed by atoms with Crippen molar-refractivity contribution in [3.05, 3.63) is 35.0 Å². The first-order valence-corrected chi connectivity index (χ1v) is 11.4. The van der Waals surface area contributed by atoms with Crippen LogP contribution in [0.15, 0.2) is 35.0 Å². The fraction of sp³-hybridized carbons (Fsp3) is 0.714. The Morgan fingerprint density at radius 1 is 1.23 bits per heavy atom. The van der Waals surface area contributed by atoms with Gasteiger partial charge in [0.25, 0.3) is 0 Å². The number of nitrogens with zero attached hydrogens (tertiary/aromatic N) is 1. The van der Waals surface area contributed by atoms with Crippen molar-refractivity contribution in [1.29, 1.82) is 0 Å². The molecule has 1 aliphatic heterocycles. The zero-order valence-corrected chi connectivity index (χ0v) is 16.7. The summed E-state index contributed by atoms with van der Waals surface area (Å²) in [5.74, 6) is 2.38. The molecular formula is C21H30BNO2S. The summed E-state index contributed by atoms with van der Waals surface area (Å²) in [5, 5.41) is 0.378. The van der Waals surface area contributed by atoms with Crippen LogP contribution in [0.5, 0.6) is 0 Å². The maximum atomic E-state index is 12.3. The van der Waals surface area contributed by atoms with Crippen LogP contribution in [0.3, 0.4) is 0 Å². The summed E-state index contributed by atoms with van der Waals surface area (Å²) in [6, 6.07) is 0. The van der Waals surface area contributed by atoms with E-state index >= 15 is 0 Å². The van der Waals surface area contributed by atoms with Crippen LogP contribution in [0.4, 0.5) is 0 Å². The minimum absolute atomic E-state index is 0.00748. The third-order valence-corrected chi connectivity index (χ3v) is 8.30. The van der Waals surface area contributed by atoms with E-state index in [4.69, 9.17) is 12.6 Å². The number of ether oxygens (including phenoxy) is 1. The molecule has 26 heavy (non-hydrogen) atoms. The van der Waals surface area contributed by atoms with Crippen LogP contribution < -0.4 is 0 Å². The summed E-state index contributed by atoms with van der Waals surface area (Å²) in [7, 11) is 8.00. The molecule has 140 valence electrons. The van der Waals surface area contributed by atoms with Crippen LogP contribution in [0.25, 0.3) is 0 Å². The van der Waals surface area contributed by atoms with Crippen LogP contribution in [0, 0.1) is 11.8 Å². The van der Waals surface area contributed by atoms with Gasteiger partial charge in [-0.05, 0) is 88.7 Å². The molecule has 0 N–H and O–H groups in total. The second-order valence-corrected chi connectivity index (χ2v) is 10.3. The maximum absolute atomic E-state index is 12.3. The van der Waals surface area contributed by atoms with Gasteiger partial charge in [-0.1, -0.05) is 17.8 Å². The van der Waals surface area contributed by atoms with Crippen molar-refractivity contribution >= 4 is 18.6 Å². The number of piperidine rings is 1. The first-order valence-electron chi connectivity index (χ1n) is 10.1. The third kappa shape index (κ3) is 4.36. The maximum Gasteiger partial charge on any atom is 0.115 e. The predicted molar refractivity (Wildman–Crippen MR) is 108 cm³/mol. The lowest BCUT2D eigenvalue weighted by Crippen LogP contribution is -2.31. The molecule has 1 saturated heterocycles. The summed E-state index contributed by atoms with van der Waals surface area (Å²) < 4.78 is 18.3. The van der Waals surface area contributed by atoms with E-state index in [-0.39, 0.29) is 5.31 Å². The predicted octanol–water partition coefficient (Wildman–Crippen LogP) is 3.72. The Kier molecular flexibility index (Phi) is 5.47. The summed E-state index contributed by atoms with van der Waals surface area (Å²) in [6.07, 6.45) is 15.8. The average Bonchev–Trinajstić information content (AvgIpc) is 3.52. The Morgan fingerprint density at radius 2 is 2.00 bits per heavy atom. The standard InChI is InChI=1S/C21H30BNO2S/c1-23-12-9-16(10-13-23)20-15-21(20,22)11-14-25-17-3-2-4-18(6-5-17)26(24)19-7-8-19/h3-6,16,19-20H,2,7-15H2,1H3. The smallest absolute Gasteiger partial charge is 0.115 e. The van der Waals surface area contributed by atoms with Crippen molar-refractivity contribution in [3.8, 4) is 0 Å². The van der Waals surface area contributed by atoms with Gasteiger partial charge in [0.15, 0.2) is 0 Å². The van der Waals surface area contributed by atoms with E-state index in [1.165, 1.54) is 25.9 Å². The average molecular weight is 371 g/mol. The monoisotopic (exact) mass is 371 g/mol. The molecule has 0 aromatic carbocycles. The number of likely N-dealkylation sites (tertiary alicyclic amines) is 1. The molecule has 2 radical (unpaired) electrons. The molecule has 3 unspecified atom stereocenters. The zero-order valence-electron chi connectivity index (χ0n) is 15.9. The second kappa shape index (κ2) is 7.67. The van der Waals surface area contributed by atoms with Gasteiger partial charge in [-0.25, -0.2) is 0 Å². The van der Waals surface area contributed by atoms with Crippen LogP contribution in [0.2, 0.25) is 5.31 Å². The van der Waals surface area contributed by atoms with Crippen molar-refractivity contribution in [3.63, 3.8) is 0 Å². The van der Waals surface area contributed by atoms with Crippen molar-refractivity contribution in [2.24, 2.45) is 11.8 Å². The topological polar surface area (TPSA) is 29.5 Å². The van der Waals surface area contributed by atoms with Crippen LogP contribution in [-0.4, -0.2) is 48.9 Å². The van der Waals surface area contributed by atoms with E-state index in [1.54, 1.807) is 0 Å².